The molecule has 0 spiro atoms. The minimum atomic E-state index is 0.512. The summed E-state index contributed by atoms with van der Waals surface area (Å²) in [5.41, 5.74) is 6.58. The van der Waals surface area contributed by atoms with Gasteiger partial charge in [-0.25, -0.2) is 9.97 Å². The number of nitrogens with two attached hydrogens (primary N) is 1. The molecule has 0 saturated carbocycles. The van der Waals surface area contributed by atoms with Crippen LogP contribution < -0.4 is 11.1 Å². The fraction of sp³-hybridized carbons (Fsp3) is 0.444. The third-order valence-corrected chi connectivity index (χ3v) is 1.98. The molecule has 0 unspecified atom stereocenters. The number of aryl methyl sites for hydroxylation is 1. The molecule has 0 fully saturated rings. The lowest BCUT2D eigenvalue weighted by atomic mass is 10.4. The number of hydrogen-bond acceptors (Lipinski definition) is 6. The third kappa shape index (κ3) is 2.04. The van der Waals surface area contributed by atoms with Gasteiger partial charge in [-0.1, -0.05) is 0 Å². The van der Waals surface area contributed by atoms with E-state index in [-0.39, 0.29) is 0 Å². The van der Waals surface area contributed by atoms with Gasteiger partial charge < -0.3 is 15.5 Å². The number of rotatable bonds is 4. The summed E-state index contributed by atoms with van der Waals surface area (Å²) < 4.78 is 5.12. The molecule has 80 valence electrons. The van der Waals surface area contributed by atoms with Crippen molar-refractivity contribution in [1.29, 1.82) is 0 Å². The van der Waals surface area contributed by atoms with Gasteiger partial charge in [-0.2, -0.15) is 4.98 Å². The van der Waals surface area contributed by atoms with Gasteiger partial charge in [0.1, 0.15) is 5.82 Å². The zero-order chi connectivity index (χ0) is 10.7. The Morgan fingerprint density at radius 2 is 2.33 bits per heavy atom. The van der Waals surface area contributed by atoms with Crippen LogP contribution in [0.25, 0.3) is 11.2 Å². The average molecular weight is 207 g/mol. The fourth-order valence-corrected chi connectivity index (χ4v) is 1.30. The summed E-state index contributed by atoms with van der Waals surface area (Å²) in [5.74, 6) is 1.37. The largest absolute Gasteiger partial charge is 0.425 e. The summed E-state index contributed by atoms with van der Waals surface area (Å²) in [7, 11) is 0. The molecule has 6 nitrogen and oxygen atoms in total. The zero-order valence-electron chi connectivity index (χ0n) is 8.53. The highest BCUT2D eigenvalue weighted by atomic mass is 16.3. The average Bonchev–Trinajstić information content (AvgIpc) is 2.65. The number of fused-ring (bicyclic) bond motifs is 1. The second-order valence-electron chi connectivity index (χ2n) is 3.19. The van der Waals surface area contributed by atoms with Crippen LogP contribution in [-0.4, -0.2) is 28.0 Å². The molecule has 6 heteroatoms. The smallest absolute Gasteiger partial charge is 0.252 e. The topological polar surface area (TPSA) is 89.9 Å². The number of nitrogens with zero attached hydrogens (tertiary/aromatic N) is 3. The zero-order valence-corrected chi connectivity index (χ0v) is 8.53. The maximum absolute atomic E-state index is 5.41. The number of aromatic nitrogens is 3. The van der Waals surface area contributed by atoms with Crippen LogP contribution in [0.3, 0.4) is 0 Å². The summed E-state index contributed by atoms with van der Waals surface area (Å²) in [6.45, 7) is 3.24. The van der Waals surface area contributed by atoms with Gasteiger partial charge in [-0.3, -0.25) is 0 Å². The molecule has 3 N–H and O–H groups in total. The normalized spacial score (nSPS) is 10.8. The summed E-state index contributed by atoms with van der Waals surface area (Å²) in [6.07, 6.45) is 2.26. The van der Waals surface area contributed by atoms with Crippen LogP contribution in [0.15, 0.2) is 10.8 Å². The van der Waals surface area contributed by atoms with Crippen molar-refractivity contribution in [2.75, 3.05) is 18.4 Å². The molecule has 2 aromatic rings. The molecule has 0 aliphatic heterocycles. The van der Waals surface area contributed by atoms with E-state index in [0.717, 1.165) is 13.0 Å². The van der Waals surface area contributed by atoms with Crippen molar-refractivity contribution >= 4 is 17.0 Å². The summed E-state index contributed by atoms with van der Waals surface area (Å²) in [6, 6.07) is 0. The lowest BCUT2D eigenvalue weighted by Gasteiger charge is -2.04. The van der Waals surface area contributed by atoms with Crippen LogP contribution in [-0.2, 0) is 0 Å². The van der Waals surface area contributed by atoms with Gasteiger partial charge in [0.25, 0.3) is 5.71 Å². The Kier molecular flexibility index (Phi) is 2.77. The molecule has 2 aromatic heterocycles. The van der Waals surface area contributed by atoms with Gasteiger partial charge in [-0.05, 0) is 19.9 Å². The Morgan fingerprint density at radius 1 is 1.47 bits per heavy atom. The predicted molar refractivity (Wildman–Crippen MR) is 56.5 cm³/mol. The molecule has 15 heavy (non-hydrogen) atoms. The van der Waals surface area contributed by atoms with Gasteiger partial charge in [0.2, 0.25) is 0 Å². The highest BCUT2D eigenvalue weighted by Gasteiger charge is 2.08. The van der Waals surface area contributed by atoms with Crippen molar-refractivity contribution in [3.8, 4) is 0 Å². The first kappa shape index (κ1) is 9.85. The first-order chi connectivity index (χ1) is 7.31. The van der Waals surface area contributed by atoms with Gasteiger partial charge in [0.05, 0.1) is 0 Å². The number of anilines is 1. The van der Waals surface area contributed by atoms with E-state index in [1.54, 1.807) is 0 Å². The molecule has 0 radical (unpaired) electrons. The van der Waals surface area contributed by atoms with Crippen LogP contribution in [0.4, 0.5) is 5.82 Å². The van der Waals surface area contributed by atoms with Crippen LogP contribution >= 0.6 is 0 Å². The molecule has 2 rings (SSSR count). The van der Waals surface area contributed by atoms with Crippen molar-refractivity contribution < 1.29 is 4.42 Å². The quantitative estimate of drug-likeness (QED) is 0.717. The Hall–Kier alpha value is -1.69. The van der Waals surface area contributed by atoms with Crippen LogP contribution in [0.2, 0.25) is 0 Å². The molecule has 0 bridgehead atoms. The SMILES string of the molecule is Cc1nc(NCCCN)c2ncoc2n1. The molecule has 0 aliphatic rings. The second kappa shape index (κ2) is 4.22. The Labute approximate surface area is 86.9 Å². The van der Waals surface area contributed by atoms with E-state index in [1.165, 1.54) is 6.39 Å². The van der Waals surface area contributed by atoms with Gasteiger partial charge >= 0.3 is 0 Å². The van der Waals surface area contributed by atoms with E-state index < -0.39 is 0 Å². The molecular weight excluding hydrogens is 194 g/mol. The number of hydrogen-bond donors (Lipinski definition) is 2. The lowest BCUT2D eigenvalue weighted by Crippen LogP contribution is -2.10. The summed E-state index contributed by atoms with van der Waals surface area (Å²) in [4.78, 5) is 12.4. The molecule has 0 aliphatic carbocycles. The third-order valence-electron chi connectivity index (χ3n) is 1.98. The van der Waals surface area contributed by atoms with E-state index >= 15 is 0 Å². The standard InChI is InChI=1S/C9H13N5O/c1-6-13-8(11-4-2-3-10)7-9(14-6)15-5-12-7/h5H,2-4,10H2,1H3,(H,11,13,14). The van der Waals surface area contributed by atoms with Gasteiger partial charge in [-0.15, -0.1) is 0 Å². The second-order valence-corrected chi connectivity index (χ2v) is 3.19. The van der Waals surface area contributed by atoms with E-state index in [4.69, 9.17) is 10.2 Å². The minimum Gasteiger partial charge on any atom is -0.425 e. The highest BCUT2D eigenvalue weighted by molar-refractivity contribution is 5.80. The van der Waals surface area contributed by atoms with E-state index in [9.17, 15) is 0 Å². The summed E-state index contributed by atoms with van der Waals surface area (Å²) in [5, 5.41) is 3.16. The van der Waals surface area contributed by atoms with E-state index in [2.05, 4.69) is 20.3 Å². The molecule has 2 heterocycles. The number of nitrogens with one attached hydrogen (secondary N) is 1. The van der Waals surface area contributed by atoms with Crippen molar-refractivity contribution in [2.45, 2.75) is 13.3 Å². The van der Waals surface area contributed by atoms with Crippen LogP contribution in [0, 0.1) is 6.92 Å². The van der Waals surface area contributed by atoms with Gasteiger partial charge in [0.15, 0.2) is 17.7 Å². The Morgan fingerprint density at radius 3 is 3.13 bits per heavy atom. The fourth-order valence-electron chi connectivity index (χ4n) is 1.30. The van der Waals surface area contributed by atoms with Crippen molar-refractivity contribution in [1.82, 2.24) is 15.0 Å². The first-order valence-corrected chi connectivity index (χ1v) is 4.83. The predicted octanol–water partition coefficient (Wildman–Crippen LogP) is 0.687. The lowest BCUT2D eigenvalue weighted by molar-refractivity contribution is 0.589. The number of oxazole rings is 1. The Balaban J connectivity index is 2.27. The Bertz CT molecular complexity index is 453. The molecule has 0 aromatic carbocycles. The maximum atomic E-state index is 5.41. The maximum Gasteiger partial charge on any atom is 0.252 e. The molecule has 0 amide bonds. The molecular formula is C9H13N5O. The van der Waals surface area contributed by atoms with Gasteiger partial charge in [0, 0.05) is 6.54 Å². The molecule has 0 atom stereocenters. The first-order valence-electron chi connectivity index (χ1n) is 4.83. The monoisotopic (exact) mass is 207 g/mol. The molecule has 0 saturated heterocycles. The van der Waals surface area contributed by atoms with Crippen molar-refractivity contribution in [3.05, 3.63) is 12.2 Å². The van der Waals surface area contributed by atoms with Crippen molar-refractivity contribution in [2.24, 2.45) is 5.73 Å². The summed E-state index contributed by atoms with van der Waals surface area (Å²) >= 11 is 0. The minimum absolute atomic E-state index is 0.512. The van der Waals surface area contributed by atoms with Crippen LogP contribution in [0.5, 0.6) is 0 Å². The van der Waals surface area contributed by atoms with E-state index in [1.807, 2.05) is 6.92 Å². The van der Waals surface area contributed by atoms with Crippen LogP contribution in [0.1, 0.15) is 12.2 Å². The van der Waals surface area contributed by atoms with E-state index in [0.29, 0.717) is 29.4 Å². The van der Waals surface area contributed by atoms with Crippen molar-refractivity contribution in [3.63, 3.8) is 0 Å². The highest BCUT2D eigenvalue weighted by Crippen LogP contribution is 2.17.